The van der Waals surface area contributed by atoms with E-state index in [2.05, 4.69) is 10.3 Å². The molecule has 2 aromatic carbocycles. The Labute approximate surface area is 190 Å². The summed E-state index contributed by atoms with van der Waals surface area (Å²) in [4.78, 5) is 16.7. The maximum atomic E-state index is 12.6. The molecular formula is C22H22N4O4S2. The van der Waals surface area contributed by atoms with E-state index in [1.807, 2.05) is 35.9 Å². The van der Waals surface area contributed by atoms with E-state index in [9.17, 15) is 13.2 Å². The van der Waals surface area contributed by atoms with Crippen LogP contribution in [0.5, 0.6) is 5.75 Å². The zero-order valence-electron chi connectivity index (χ0n) is 17.6. The predicted octanol–water partition coefficient (Wildman–Crippen LogP) is 3.16. The Balaban J connectivity index is 1.32. The molecule has 2 aromatic heterocycles. The van der Waals surface area contributed by atoms with Gasteiger partial charge in [-0.05, 0) is 47.8 Å². The summed E-state index contributed by atoms with van der Waals surface area (Å²) in [6.07, 6.45) is 0. The molecule has 0 aliphatic rings. The number of anilines is 1. The second-order valence-electron chi connectivity index (χ2n) is 7.04. The van der Waals surface area contributed by atoms with Gasteiger partial charge in [-0.15, -0.1) is 11.3 Å². The fraction of sp³-hybridized carbons (Fsp3) is 0.182. The number of hydrogen-bond donors (Lipinski definition) is 1. The molecular weight excluding hydrogens is 448 g/mol. The van der Waals surface area contributed by atoms with Crippen LogP contribution in [-0.4, -0.2) is 37.5 Å². The quantitative estimate of drug-likeness (QED) is 0.427. The average molecular weight is 471 g/mol. The fourth-order valence-corrected chi connectivity index (χ4v) is 5.52. The second kappa shape index (κ2) is 9.01. The van der Waals surface area contributed by atoms with Gasteiger partial charge in [0.25, 0.3) is 15.9 Å². The fourth-order valence-electron chi connectivity index (χ4n) is 3.17. The summed E-state index contributed by atoms with van der Waals surface area (Å²) in [6.45, 7) is 0.129. The highest BCUT2D eigenvalue weighted by molar-refractivity contribution is 7.94. The number of ether oxygens (including phenoxy) is 1. The number of fused-ring (bicyclic) bond motifs is 1. The molecule has 4 aromatic rings. The van der Waals surface area contributed by atoms with Crippen LogP contribution in [0.1, 0.15) is 5.82 Å². The number of amides is 1. The maximum absolute atomic E-state index is 12.6. The number of nitrogens with one attached hydrogen (secondary N) is 1. The molecule has 0 spiro atoms. The first kappa shape index (κ1) is 21.8. The van der Waals surface area contributed by atoms with Crippen LogP contribution in [0.2, 0.25) is 0 Å². The van der Waals surface area contributed by atoms with E-state index in [-0.39, 0.29) is 23.3 Å². The highest BCUT2D eigenvalue weighted by Crippen LogP contribution is 2.26. The van der Waals surface area contributed by atoms with E-state index in [0.717, 1.165) is 16.9 Å². The molecule has 10 heteroatoms. The zero-order valence-corrected chi connectivity index (χ0v) is 19.2. The minimum atomic E-state index is -3.60. The maximum Gasteiger partial charge on any atom is 0.273 e. The number of carbonyl (C=O) groups is 1. The van der Waals surface area contributed by atoms with Crippen molar-refractivity contribution in [3.05, 3.63) is 71.9 Å². The van der Waals surface area contributed by atoms with Crippen LogP contribution in [0.25, 0.3) is 11.0 Å². The van der Waals surface area contributed by atoms with Gasteiger partial charge >= 0.3 is 0 Å². The lowest BCUT2D eigenvalue weighted by atomic mass is 10.3. The molecule has 1 amide bonds. The van der Waals surface area contributed by atoms with E-state index >= 15 is 0 Å². The average Bonchev–Trinajstić information content (AvgIpc) is 3.45. The molecule has 0 saturated heterocycles. The van der Waals surface area contributed by atoms with Crippen molar-refractivity contribution in [3.63, 3.8) is 0 Å². The van der Waals surface area contributed by atoms with E-state index < -0.39 is 10.0 Å². The predicted molar refractivity (Wildman–Crippen MR) is 124 cm³/mol. The van der Waals surface area contributed by atoms with Gasteiger partial charge in [0.1, 0.15) is 15.8 Å². The van der Waals surface area contributed by atoms with Crippen molar-refractivity contribution >= 4 is 44.0 Å². The molecule has 0 aliphatic heterocycles. The lowest BCUT2D eigenvalue weighted by Crippen LogP contribution is -2.29. The largest absolute Gasteiger partial charge is 0.484 e. The Hall–Kier alpha value is -3.37. The Bertz CT molecular complexity index is 1330. The van der Waals surface area contributed by atoms with E-state index in [1.165, 1.54) is 22.7 Å². The van der Waals surface area contributed by atoms with Crippen LogP contribution in [0.3, 0.4) is 0 Å². The standard InChI is InChI=1S/C22H22N4O4S2/c1-25-19-7-4-3-6-18(19)24-20(25)14-23-21(27)15-30-17-11-9-16(10-12-17)26(2)32(28,29)22-8-5-13-31-22/h3-13H,14-15H2,1-2H3,(H,23,27). The van der Waals surface area contributed by atoms with Gasteiger partial charge in [0.15, 0.2) is 6.61 Å². The molecule has 0 radical (unpaired) electrons. The minimum Gasteiger partial charge on any atom is -0.484 e. The zero-order chi connectivity index (χ0) is 22.7. The first-order valence-corrected chi connectivity index (χ1v) is 12.1. The Morgan fingerprint density at radius 2 is 1.88 bits per heavy atom. The second-order valence-corrected chi connectivity index (χ2v) is 10.2. The van der Waals surface area contributed by atoms with E-state index in [4.69, 9.17) is 4.74 Å². The number of rotatable bonds is 8. The summed E-state index contributed by atoms with van der Waals surface area (Å²) in [7, 11) is -0.189. The Morgan fingerprint density at radius 3 is 2.56 bits per heavy atom. The molecule has 8 nitrogen and oxygen atoms in total. The van der Waals surface area contributed by atoms with Crippen LogP contribution < -0.4 is 14.4 Å². The Kier molecular flexibility index (Phi) is 6.15. The van der Waals surface area contributed by atoms with Gasteiger partial charge in [-0.3, -0.25) is 9.10 Å². The van der Waals surface area contributed by atoms with Crippen LogP contribution in [0.15, 0.2) is 70.3 Å². The number of carbonyl (C=O) groups excluding carboxylic acids is 1. The van der Waals surface area contributed by atoms with Gasteiger partial charge < -0.3 is 14.6 Å². The van der Waals surface area contributed by atoms with Crippen LogP contribution in [0.4, 0.5) is 5.69 Å². The molecule has 0 saturated carbocycles. The molecule has 0 unspecified atom stereocenters. The summed E-state index contributed by atoms with van der Waals surface area (Å²) in [5, 5.41) is 4.52. The number of hydrogen-bond acceptors (Lipinski definition) is 6. The van der Waals surface area contributed by atoms with Crippen molar-refractivity contribution in [2.75, 3.05) is 18.0 Å². The Morgan fingerprint density at radius 1 is 1.12 bits per heavy atom. The first-order chi connectivity index (χ1) is 15.4. The van der Waals surface area contributed by atoms with Crippen molar-refractivity contribution in [1.29, 1.82) is 0 Å². The molecule has 0 bridgehead atoms. The van der Waals surface area contributed by atoms with Gasteiger partial charge in [-0.25, -0.2) is 13.4 Å². The highest BCUT2D eigenvalue weighted by atomic mass is 32.2. The van der Waals surface area contributed by atoms with Crippen molar-refractivity contribution in [2.24, 2.45) is 7.05 Å². The van der Waals surface area contributed by atoms with E-state index in [1.54, 1.807) is 41.8 Å². The summed E-state index contributed by atoms with van der Waals surface area (Å²) in [6, 6.07) is 17.6. The number of aromatic nitrogens is 2. The number of thiophene rings is 1. The smallest absolute Gasteiger partial charge is 0.273 e. The number of imidazole rings is 1. The molecule has 166 valence electrons. The topological polar surface area (TPSA) is 93.5 Å². The molecule has 0 atom stereocenters. The number of nitrogens with zero attached hydrogens (tertiary/aromatic N) is 3. The van der Waals surface area contributed by atoms with Gasteiger partial charge in [0.2, 0.25) is 0 Å². The van der Waals surface area contributed by atoms with Crippen LogP contribution in [0, 0.1) is 0 Å². The lowest BCUT2D eigenvalue weighted by Gasteiger charge is -2.18. The monoisotopic (exact) mass is 470 g/mol. The molecule has 1 N–H and O–H groups in total. The molecule has 0 aliphatic carbocycles. The van der Waals surface area contributed by atoms with Gasteiger partial charge in [-0.2, -0.15) is 0 Å². The number of para-hydroxylation sites is 2. The summed E-state index contributed by atoms with van der Waals surface area (Å²) in [5.74, 6) is 0.936. The summed E-state index contributed by atoms with van der Waals surface area (Å²) >= 11 is 1.17. The van der Waals surface area contributed by atoms with Gasteiger partial charge in [0, 0.05) is 14.1 Å². The minimum absolute atomic E-state index is 0.160. The van der Waals surface area contributed by atoms with Crippen LogP contribution >= 0.6 is 11.3 Å². The molecule has 2 heterocycles. The third-order valence-electron chi connectivity index (χ3n) is 5.00. The molecule has 4 rings (SSSR count). The third-order valence-corrected chi connectivity index (χ3v) is 8.16. The first-order valence-electron chi connectivity index (χ1n) is 9.78. The summed E-state index contributed by atoms with van der Waals surface area (Å²) < 4.78 is 34.2. The lowest BCUT2D eigenvalue weighted by molar-refractivity contribution is -0.123. The van der Waals surface area contributed by atoms with Gasteiger partial charge in [0.05, 0.1) is 23.3 Å². The van der Waals surface area contributed by atoms with Gasteiger partial charge in [-0.1, -0.05) is 18.2 Å². The van der Waals surface area contributed by atoms with Crippen LogP contribution in [-0.2, 0) is 28.4 Å². The third kappa shape index (κ3) is 4.46. The molecule has 0 fully saturated rings. The van der Waals surface area contributed by atoms with Crippen molar-refractivity contribution < 1.29 is 17.9 Å². The van der Waals surface area contributed by atoms with Crippen molar-refractivity contribution in [2.45, 2.75) is 10.8 Å². The summed E-state index contributed by atoms with van der Waals surface area (Å²) in [5.41, 5.74) is 2.37. The van der Waals surface area contributed by atoms with Crippen molar-refractivity contribution in [3.8, 4) is 5.75 Å². The SMILES string of the molecule is CN(c1ccc(OCC(=O)NCc2nc3ccccc3n2C)cc1)S(=O)(=O)c1cccs1. The normalized spacial score (nSPS) is 11.4. The van der Waals surface area contributed by atoms with Crippen molar-refractivity contribution in [1.82, 2.24) is 14.9 Å². The van der Waals surface area contributed by atoms with E-state index in [0.29, 0.717) is 11.4 Å². The number of benzene rings is 2. The molecule has 32 heavy (non-hydrogen) atoms. The highest BCUT2D eigenvalue weighted by Gasteiger charge is 2.22. The number of sulfonamides is 1. The number of aryl methyl sites for hydroxylation is 1.